The first kappa shape index (κ1) is 22.7. The van der Waals surface area contributed by atoms with Crippen molar-refractivity contribution in [3.05, 3.63) is 0 Å². The van der Waals surface area contributed by atoms with Crippen LogP contribution in [-0.2, 0) is 15.7 Å². The van der Waals surface area contributed by atoms with Crippen LogP contribution in [0, 0.1) is 11.8 Å². The molecule has 0 spiro atoms. The van der Waals surface area contributed by atoms with E-state index in [1.807, 2.05) is 23.7 Å². The van der Waals surface area contributed by atoms with Crippen molar-refractivity contribution in [2.24, 2.45) is 11.8 Å². The molecule has 2 unspecified atom stereocenters. The van der Waals surface area contributed by atoms with Crippen molar-refractivity contribution in [1.29, 1.82) is 0 Å². The zero-order chi connectivity index (χ0) is 17.9. The van der Waals surface area contributed by atoms with E-state index in [-0.39, 0.29) is 23.8 Å². The van der Waals surface area contributed by atoms with E-state index in [0.29, 0.717) is 0 Å². The van der Waals surface area contributed by atoms with Gasteiger partial charge in [-0.25, -0.2) is 0 Å². The summed E-state index contributed by atoms with van der Waals surface area (Å²) in [5, 5.41) is 0. The maximum atomic E-state index is 12.3. The molecule has 0 aromatic heterocycles. The van der Waals surface area contributed by atoms with Crippen LogP contribution in [0.25, 0.3) is 0 Å². The molecular formula is C18H36O4Sn. The van der Waals surface area contributed by atoms with E-state index in [2.05, 4.69) is 13.8 Å². The summed E-state index contributed by atoms with van der Waals surface area (Å²) in [5.41, 5.74) is 0. The molecule has 136 valence electrons. The Morgan fingerprint density at radius 3 is 1.39 bits per heavy atom. The van der Waals surface area contributed by atoms with Gasteiger partial charge in [0.05, 0.1) is 0 Å². The van der Waals surface area contributed by atoms with Crippen LogP contribution in [0.1, 0.15) is 79.1 Å². The Hall–Kier alpha value is -0.261. The van der Waals surface area contributed by atoms with Gasteiger partial charge in [-0.1, -0.05) is 0 Å². The van der Waals surface area contributed by atoms with E-state index in [1.165, 1.54) is 0 Å². The Bertz CT molecular complexity index is 323. The molecule has 0 bridgehead atoms. The Balaban J connectivity index is 4.60. The molecule has 23 heavy (non-hydrogen) atoms. The Morgan fingerprint density at radius 2 is 1.13 bits per heavy atom. The quantitative estimate of drug-likeness (QED) is 0.395. The molecule has 0 rings (SSSR count). The molecule has 0 N–H and O–H groups in total. The molecule has 0 radical (unpaired) electrons. The minimum atomic E-state index is -3.57. The molecule has 0 saturated carbocycles. The minimum absolute atomic E-state index is 0.0632. The maximum absolute atomic E-state index is 12.3. The first-order valence-electron chi connectivity index (χ1n) is 9.26. The summed E-state index contributed by atoms with van der Waals surface area (Å²) in [4.78, 5) is 28.4. The predicted octanol–water partition coefficient (Wildman–Crippen LogP) is 5.21. The van der Waals surface area contributed by atoms with E-state index < -0.39 is 19.2 Å². The summed E-state index contributed by atoms with van der Waals surface area (Å²) in [5.74, 6) is -0.467. The Labute approximate surface area is 147 Å². The molecule has 0 aliphatic rings. The first-order valence-corrected chi connectivity index (χ1v) is 17.3. The fourth-order valence-corrected chi connectivity index (χ4v) is 6.39. The van der Waals surface area contributed by atoms with Crippen molar-refractivity contribution in [2.45, 2.75) is 88.9 Å². The van der Waals surface area contributed by atoms with Crippen LogP contribution in [0.15, 0.2) is 0 Å². The van der Waals surface area contributed by atoms with Crippen LogP contribution in [0.3, 0.4) is 0 Å². The number of rotatable bonds is 12. The third-order valence-electron chi connectivity index (χ3n) is 4.16. The topological polar surface area (TPSA) is 52.6 Å². The van der Waals surface area contributed by atoms with E-state index >= 15 is 0 Å². The van der Waals surface area contributed by atoms with Gasteiger partial charge in [0.1, 0.15) is 0 Å². The van der Waals surface area contributed by atoms with E-state index in [9.17, 15) is 9.59 Å². The second-order valence-electron chi connectivity index (χ2n) is 6.74. The van der Waals surface area contributed by atoms with Gasteiger partial charge in [0, 0.05) is 0 Å². The third kappa shape index (κ3) is 9.58. The molecule has 0 aromatic carbocycles. The molecule has 2 atom stereocenters. The van der Waals surface area contributed by atoms with Gasteiger partial charge in [-0.05, 0) is 0 Å². The molecule has 0 aliphatic carbocycles. The second-order valence-corrected chi connectivity index (χ2v) is 15.9. The van der Waals surface area contributed by atoms with E-state index in [4.69, 9.17) is 6.15 Å². The summed E-state index contributed by atoms with van der Waals surface area (Å²) in [6.45, 7) is 8.25. The van der Waals surface area contributed by atoms with Crippen molar-refractivity contribution in [3.63, 3.8) is 0 Å². The van der Waals surface area contributed by atoms with Crippen LogP contribution in [0.4, 0.5) is 0 Å². The van der Waals surface area contributed by atoms with Crippen LogP contribution in [0.2, 0.25) is 9.88 Å². The second kappa shape index (κ2) is 12.2. The summed E-state index contributed by atoms with van der Waals surface area (Å²) in [6, 6.07) is 0. The van der Waals surface area contributed by atoms with Crippen molar-refractivity contribution < 1.29 is 15.7 Å². The van der Waals surface area contributed by atoms with Crippen LogP contribution in [0.5, 0.6) is 0 Å². The normalized spacial score (nSPS) is 14.2. The molecule has 5 heteroatoms. The Kier molecular flexibility index (Phi) is 12.0. The number of carbonyl (C=O) groups is 2. The van der Waals surface area contributed by atoms with Gasteiger partial charge in [-0.3, -0.25) is 0 Å². The number of carbonyl (C=O) groups excluding carboxylic acids is 2. The van der Waals surface area contributed by atoms with Crippen LogP contribution < -0.4 is 0 Å². The van der Waals surface area contributed by atoms with Crippen LogP contribution >= 0.6 is 0 Å². The monoisotopic (exact) mass is 436 g/mol. The molecule has 4 nitrogen and oxygen atoms in total. The van der Waals surface area contributed by atoms with Gasteiger partial charge in [0.15, 0.2) is 0 Å². The van der Waals surface area contributed by atoms with Crippen molar-refractivity contribution >= 4 is 31.1 Å². The summed E-state index contributed by atoms with van der Waals surface area (Å²) in [6.07, 6.45) is 7.47. The molecule has 0 amide bonds. The Morgan fingerprint density at radius 1 is 0.783 bits per heavy atom. The zero-order valence-corrected chi connectivity index (χ0v) is 18.8. The molecule has 0 heterocycles. The van der Waals surface area contributed by atoms with Crippen molar-refractivity contribution in [3.8, 4) is 0 Å². The van der Waals surface area contributed by atoms with E-state index in [0.717, 1.165) is 51.4 Å². The first-order chi connectivity index (χ1) is 10.8. The van der Waals surface area contributed by atoms with Gasteiger partial charge < -0.3 is 0 Å². The third-order valence-corrected chi connectivity index (χ3v) is 8.11. The van der Waals surface area contributed by atoms with Gasteiger partial charge >= 0.3 is 148 Å². The summed E-state index contributed by atoms with van der Waals surface area (Å²) < 4.78 is 11.4. The average Bonchev–Trinajstić information content (AvgIpc) is 2.47. The zero-order valence-electron chi connectivity index (χ0n) is 15.9. The summed E-state index contributed by atoms with van der Waals surface area (Å²) >= 11 is -3.57. The van der Waals surface area contributed by atoms with Crippen molar-refractivity contribution in [2.75, 3.05) is 0 Å². The van der Waals surface area contributed by atoms with Gasteiger partial charge in [0.2, 0.25) is 0 Å². The molecule has 0 aromatic rings. The number of unbranched alkanes of at least 4 members (excludes halogenated alkanes) is 2. The standard InChI is InChI=1S/2C8H16O2.2CH3.Sn/c2*1-3-5-6-7(4-2)8(9)10;;;/h2*7H,3-6H2,1-2H3,(H,9,10);2*1H3;/q;;;;+2/p-2. The van der Waals surface area contributed by atoms with Gasteiger partial charge in [-0.2, -0.15) is 0 Å². The van der Waals surface area contributed by atoms with Gasteiger partial charge in [-0.15, -0.1) is 0 Å². The van der Waals surface area contributed by atoms with Crippen molar-refractivity contribution in [1.82, 2.24) is 0 Å². The SMILES string of the molecule is CCCCC(CC)C(=O)[O][Sn]([CH3])([CH3])[O]C(=O)C(CC)CCCC. The van der Waals surface area contributed by atoms with Gasteiger partial charge in [0.25, 0.3) is 0 Å². The fraction of sp³-hybridized carbons (Fsp3) is 0.889. The van der Waals surface area contributed by atoms with E-state index in [1.54, 1.807) is 0 Å². The molecule has 0 fully saturated rings. The molecule has 0 aliphatic heterocycles. The number of hydrogen-bond donors (Lipinski definition) is 0. The average molecular weight is 435 g/mol. The molecule has 0 saturated heterocycles. The van der Waals surface area contributed by atoms with Crippen LogP contribution in [-0.4, -0.2) is 31.1 Å². The fourth-order valence-electron chi connectivity index (χ4n) is 2.55. The summed E-state index contributed by atoms with van der Waals surface area (Å²) in [7, 11) is 0. The molecular weight excluding hydrogens is 399 g/mol. The number of hydrogen-bond acceptors (Lipinski definition) is 4. The predicted molar refractivity (Wildman–Crippen MR) is 96.3 cm³/mol.